The zero-order valence-electron chi connectivity index (χ0n) is 11.7. The van der Waals surface area contributed by atoms with E-state index in [1.54, 1.807) is 18.2 Å². The van der Waals surface area contributed by atoms with Crippen LogP contribution < -0.4 is 11.1 Å². The number of amides is 1. The van der Waals surface area contributed by atoms with Crippen molar-refractivity contribution in [3.8, 4) is 0 Å². The van der Waals surface area contributed by atoms with Crippen LogP contribution >= 0.6 is 11.6 Å². The number of benzene rings is 1. The van der Waals surface area contributed by atoms with Crippen LogP contribution in [0.25, 0.3) is 0 Å². The van der Waals surface area contributed by atoms with Gasteiger partial charge in [-0.3, -0.25) is 4.79 Å². The normalized spacial score (nSPS) is 12.5. The van der Waals surface area contributed by atoms with Crippen molar-refractivity contribution in [1.82, 2.24) is 10.2 Å². The van der Waals surface area contributed by atoms with Crippen LogP contribution in [0.3, 0.4) is 0 Å². The summed E-state index contributed by atoms with van der Waals surface area (Å²) in [4.78, 5) is 14.3. The fourth-order valence-corrected chi connectivity index (χ4v) is 2.07. The quantitative estimate of drug-likeness (QED) is 0.788. The Morgan fingerprint density at radius 2 is 2.05 bits per heavy atom. The van der Waals surface area contributed by atoms with Crippen molar-refractivity contribution in [3.63, 3.8) is 0 Å². The Kier molecular flexibility index (Phi) is 6.12. The molecule has 0 saturated carbocycles. The van der Waals surface area contributed by atoms with Crippen molar-refractivity contribution < 1.29 is 4.79 Å². The molecule has 1 aromatic rings. The average Bonchev–Trinajstić information content (AvgIpc) is 2.38. The Labute approximate surface area is 119 Å². The van der Waals surface area contributed by atoms with Crippen LogP contribution in [-0.4, -0.2) is 36.5 Å². The maximum Gasteiger partial charge on any atom is 0.251 e. The number of carbonyl (C=O) groups is 1. The third kappa shape index (κ3) is 4.73. The van der Waals surface area contributed by atoms with E-state index < -0.39 is 0 Å². The molecule has 0 bridgehead atoms. The van der Waals surface area contributed by atoms with Gasteiger partial charge >= 0.3 is 0 Å². The molecule has 0 aliphatic rings. The number of halogens is 1. The topological polar surface area (TPSA) is 58.4 Å². The van der Waals surface area contributed by atoms with Gasteiger partial charge in [-0.2, -0.15) is 0 Å². The van der Waals surface area contributed by atoms with Gasteiger partial charge in [0.05, 0.1) is 10.7 Å². The van der Waals surface area contributed by atoms with E-state index >= 15 is 0 Å². The summed E-state index contributed by atoms with van der Waals surface area (Å²) in [6.45, 7) is 9.00. The number of nitrogens with zero attached hydrogens (tertiary/aromatic N) is 1. The molecule has 3 N–H and O–H groups in total. The Hall–Kier alpha value is -1.26. The van der Waals surface area contributed by atoms with Gasteiger partial charge in [0.2, 0.25) is 0 Å². The van der Waals surface area contributed by atoms with Gasteiger partial charge in [0.25, 0.3) is 5.91 Å². The van der Waals surface area contributed by atoms with Gasteiger partial charge < -0.3 is 16.0 Å². The van der Waals surface area contributed by atoms with Crippen LogP contribution in [0, 0.1) is 0 Å². The fourth-order valence-electron chi connectivity index (χ4n) is 1.89. The van der Waals surface area contributed by atoms with Crippen molar-refractivity contribution in [2.75, 3.05) is 25.4 Å². The van der Waals surface area contributed by atoms with E-state index in [9.17, 15) is 4.79 Å². The Morgan fingerprint density at radius 1 is 1.42 bits per heavy atom. The number of anilines is 1. The zero-order chi connectivity index (χ0) is 14.4. The van der Waals surface area contributed by atoms with E-state index in [0.717, 1.165) is 19.6 Å². The maximum absolute atomic E-state index is 12.0. The molecule has 0 radical (unpaired) electrons. The second-order valence-electron chi connectivity index (χ2n) is 4.60. The highest BCUT2D eigenvalue weighted by Crippen LogP contribution is 2.19. The summed E-state index contributed by atoms with van der Waals surface area (Å²) < 4.78 is 0. The third-order valence-corrected chi connectivity index (χ3v) is 3.39. The van der Waals surface area contributed by atoms with Crippen molar-refractivity contribution in [2.24, 2.45) is 0 Å². The fraction of sp³-hybridized carbons (Fsp3) is 0.500. The first-order chi connectivity index (χ1) is 8.97. The van der Waals surface area contributed by atoms with E-state index in [0.29, 0.717) is 16.3 Å². The SMILES string of the molecule is CCN(CC)CC(C)NC(=O)c1ccc(N)c(Cl)c1. The molecule has 1 aromatic carbocycles. The summed E-state index contributed by atoms with van der Waals surface area (Å²) in [6.07, 6.45) is 0. The molecule has 1 rings (SSSR count). The van der Waals surface area contributed by atoms with Gasteiger partial charge in [0, 0.05) is 18.2 Å². The highest BCUT2D eigenvalue weighted by Gasteiger charge is 2.12. The minimum atomic E-state index is -0.124. The minimum absolute atomic E-state index is 0.0868. The molecule has 0 saturated heterocycles. The lowest BCUT2D eigenvalue weighted by Gasteiger charge is -2.23. The largest absolute Gasteiger partial charge is 0.398 e. The Balaban J connectivity index is 2.61. The van der Waals surface area contributed by atoms with E-state index in [4.69, 9.17) is 17.3 Å². The molecule has 0 spiro atoms. The van der Waals surface area contributed by atoms with Gasteiger partial charge in [-0.05, 0) is 38.2 Å². The Bertz CT molecular complexity index is 433. The first-order valence-electron chi connectivity index (χ1n) is 6.56. The molecule has 19 heavy (non-hydrogen) atoms. The van der Waals surface area contributed by atoms with Gasteiger partial charge in [-0.1, -0.05) is 25.4 Å². The number of rotatable bonds is 6. The molecular weight excluding hydrogens is 262 g/mol. The summed E-state index contributed by atoms with van der Waals surface area (Å²) in [5.74, 6) is -0.124. The van der Waals surface area contributed by atoms with Gasteiger partial charge in [-0.25, -0.2) is 0 Å². The molecule has 106 valence electrons. The van der Waals surface area contributed by atoms with E-state index in [2.05, 4.69) is 24.1 Å². The summed E-state index contributed by atoms with van der Waals surface area (Å²) in [5, 5.41) is 3.37. The number of hydrogen-bond donors (Lipinski definition) is 2. The highest BCUT2D eigenvalue weighted by atomic mass is 35.5. The molecular formula is C14H22ClN3O. The van der Waals surface area contributed by atoms with Gasteiger partial charge in [0.1, 0.15) is 0 Å². The van der Waals surface area contributed by atoms with Crippen LogP contribution in [0.15, 0.2) is 18.2 Å². The summed E-state index contributed by atoms with van der Waals surface area (Å²) in [5.41, 5.74) is 6.64. The Morgan fingerprint density at radius 3 is 2.58 bits per heavy atom. The second kappa shape index (κ2) is 7.36. The molecule has 1 unspecified atom stereocenters. The number of nitrogen functional groups attached to an aromatic ring is 1. The van der Waals surface area contributed by atoms with E-state index in [-0.39, 0.29) is 11.9 Å². The second-order valence-corrected chi connectivity index (χ2v) is 5.00. The van der Waals surface area contributed by atoms with Crippen molar-refractivity contribution >= 4 is 23.2 Å². The number of nitrogens with one attached hydrogen (secondary N) is 1. The molecule has 0 aromatic heterocycles. The molecule has 0 aliphatic carbocycles. The molecule has 0 fully saturated rings. The molecule has 1 atom stereocenters. The van der Waals surface area contributed by atoms with Gasteiger partial charge in [0.15, 0.2) is 0 Å². The molecule has 4 nitrogen and oxygen atoms in total. The lowest BCUT2D eigenvalue weighted by Crippen LogP contribution is -2.41. The standard InChI is InChI=1S/C14H22ClN3O/c1-4-18(5-2)9-10(3)17-14(19)11-6-7-13(16)12(15)8-11/h6-8,10H,4-5,9,16H2,1-3H3,(H,17,19). The molecule has 0 heterocycles. The molecule has 0 aliphatic heterocycles. The maximum atomic E-state index is 12.0. The molecule has 5 heteroatoms. The lowest BCUT2D eigenvalue weighted by atomic mass is 10.2. The lowest BCUT2D eigenvalue weighted by molar-refractivity contribution is 0.0930. The van der Waals surface area contributed by atoms with Crippen molar-refractivity contribution in [1.29, 1.82) is 0 Å². The van der Waals surface area contributed by atoms with E-state index in [1.807, 2.05) is 6.92 Å². The first-order valence-corrected chi connectivity index (χ1v) is 6.93. The van der Waals surface area contributed by atoms with Crippen LogP contribution in [0.1, 0.15) is 31.1 Å². The van der Waals surface area contributed by atoms with Crippen LogP contribution in [0.4, 0.5) is 5.69 Å². The van der Waals surface area contributed by atoms with Crippen LogP contribution in [0.5, 0.6) is 0 Å². The predicted octanol–water partition coefficient (Wildman–Crippen LogP) is 2.38. The number of nitrogens with two attached hydrogens (primary N) is 1. The summed E-state index contributed by atoms with van der Waals surface area (Å²) >= 11 is 5.91. The molecule has 1 amide bonds. The highest BCUT2D eigenvalue weighted by molar-refractivity contribution is 6.33. The third-order valence-electron chi connectivity index (χ3n) is 3.07. The summed E-state index contributed by atoms with van der Waals surface area (Å²) in [6, 6.07) is 5.01. The first kappa shape index (κ1) is 15.8. The predicted molar refractivity (Wildman–Crippen MR) is 80.6 cm³/mol. The average molecular weight is 284 g/mol. The minimum Gasteiger partial charge on any atom is -0.398 e. The van der Waals surface area contributed by atoms with Crippen molar-refractivity contribution in [2.45, 2.75) is 26.8 Å². The van der Waals surface area contributed by atoms with Crippen LogP contribution in [-0.2, 0) is 0 Å². The number of likely N-dealkylation sites (N-methyl/N-ethyl adjacent to an activating group) is 1. The van der Waals surface area contributed by atoms with Gasteiger partial charge in [-0.15, -0.1) is 0 Å². The number of carbonyl (C=O) groups excluding carboxylic acids is 1. The summed E-state index contributed by atoms with van der Waals surface area (Å²) in [7, 11) is 0. The van der Waals surface area contributed by atoms with E-state index in [1.165, 1.54) is 0 Å². The van der Waals surface area contributed by atoms with Crippen LogP contribution in [0.2, 0.25) is 5.02 Å². The zero-order valence-corrected chi connectivity index (χ0v) is 12.5. The monoisotopic (exact) mass is 283 g/mol. The smallest absolute Gasteiger partial charge is 0.251 e. The van der Waals surface area contributed by atoms with Crippen molar-refractivity contribution in [3.05, 3.63) is 28.8 Å². The number of hydrogen-bond acceptors (Lipinski definition) is 3.